The van der Waals surface area contributed by atoms with Crippen LogP contribution in [0.5, 0.6) is 0 Å². The summed E-state index contributed by atoms with van der Waals surface area (Å²) >= 11 is 0. The summed E-state index contributed by atoms with van der Waals surface area (Å²) in [5.41, 5.74) is 2.68. The number of hydrogen-bond donors (Lipinski definition) is 2. The molecule has 154 valence electrons. The molecule has 1 aliphatic rings. The quantitative estimate of drug-likeness (QED) is 0.577. The molecule has 0 amide bonds. The molecule has 1 aromatic carbocycles. The predicted molar refractivity (Wildman–Crippen MR) is 115 cm³/mol. The summed E-state index contributed by atoms with van der Waals surface area (Å²) in [5.74, 6) is 1.88. The van der Waals surface area contributed by atoms with Crippen LogP contribution in [0.3, 0.4) is 0 Å². The van der Waals surface area contributed by atoms with E-state index in [0.717, 1.165) is 61.1 Å². The van der Waals surface area contributed by atoms with Gasteiger partial charge < -0.3 is 20.1 Å². The van der Waals surface area contributed by atoms with Crippen LogP contribution in [0.25, 0.3) is 0 Å². The molecule has 1 unspecified atom stereocenters. The van der Waals surface area contributed by atoms with Crippen LogP contribution in [0.2, 0.25) is 0 Å². The SMILES string of the molecule is CCNC(=NCc1cc(C(C)C)no1)NC1CCCN(c2ccccc2C#N)C1. The fourth-order valence-corrected chi connectivity index (χ4v) is 3.50. The maximum absolute atomic E-state index is 9.41. The molecule has 29 heavy (non-hydrogen) atoms. The summed E-state index contributed by atoms with van der Waals surface area (Å²) in [6, 6.07) is 12.3. The number of piperidine rings is 1. The second-order valence-electron chi connectivity index (χ2n) is 7.63. The molecule has 1 fully saturated rings. The van der Waals surface area contributed by atoms with Crippen LogP contribution in [0, 0.1) is 11.3 Å². The Labute approximate surface area is 172 Å². The van der Waals surface area contributed by atoms with Gasteiger partial charge in [0.1, 0.15) is 12.6 Å². The molecular weight excluding hydrogens is 364 g/mol. The fraction of sp³-hybridized carbons (Fsp3) is 0.500. The standard InChI is InChI=1S/C22H30N6O/c1-4-24-22(25-14-19-12-20(16(2)3)27-29-19)26-18-9-7-11-28(15-18)21-10-6-5-8-17(21)13-23/h5-6,8,10,12,16,18H,4,7,9,11,14-15H2,1-3H3,(H2,24,25,26). The van der Waals surface area contributed by atoms with E-state index in [2.05, 4.69) is 52.5 Å². The summed E-state index contributed by atoms with van der Waals surface area (Å²) < 4.78 is 5.39. The van der Waals surface area contributed by atoms with Gasteiger partial charge in [0.25, 0.3) is 0 Å². The Balaban J connectivity index is 1.65. The van der Waals surface area contributed by atoms with E-state index in [1.165, 1.54) is 0 Å². The Morgan fingerprint density at radius 1 is 1.41 bits per heavy atom. The van der Waals surface area contributed by atoms with Crippen LogP contribution >= 0.6 is 0 Å². The number of para-hydroxylation sites is 1. The van der Waals surface area contributed by atoms with E-state index in [4.69, 9.17) is 4.52 Å². The molecule has 0 bridgehead atoms. The van der Waals surface area contributed by atoms with Crippen molar-refractivity contribution in [3.05, 3.63) is 47.3 Å². The van der Waals surface area contributed by atoms with Crippen molar-refractivity contribution in [1.82, 2.24) is 15.8 Å². The zero-order valence-corrected chi connectivity index (χ0v) is 17.5. The van der Waals surface area contributed by atoms with Crippen molar-refractivity contribution in [3.8, 4) is 6.07 Å². The molecule has 2 aromatic rings. The number of rotatable bonds is 6. The van der Waals surface area contributed by atoms with Gasteiger partial charge >= 0.3 is 0 Å². The lowest BCUT2D eigenvalue weighted by molar-refractivity contribution is 0.376. The number of aliphatic imine (C=N–C) groups is 1. The van der Waals surface area contributed by atoms with E-state index >= 15 is 0 Å². The molecule has 0 aliphatic carbocycles. The first-order valence-electron chi connectivity index (χ1n) is 10.3. The number of nitriles is 1. The highest BCUT2D eigenvalue weighted by atomic mass is 16.5. The van der Waals surface area contributed by atoms with Gasteiger partial charge in [-0.25, -0.2) is 4.99 Å². The van der Waals surface area contributed by atoms with Crippen molar-refractivity contribution in [1.29, 1.82) is 5.26 Å². The van der Waals surface area contributed by atoms with Gasteiger partial charge in [-0.15, -0.1) is 0 Å². The number of aromatic nitrogens is 1. The second kappa shape index (κ2) is 9.97. The maximum atomic E-state index is 9.41. The van der Waals surface area contributed by atoms with Gasteiger partial charge in [-0.2, -0.15) is 5.26 Å². The predicted octanol–water partition coefficient (Wildman–Crippen LogP) is 3.39. The number of nitrogens with one attached hydrogen (secondary N) is 2. The van der Waals surface area contributed by atoms with E-state index in [1.807, 2.05) is 30.3 Å². The van der Waals surface area contributed by atoms with E-state index in [1.54, 1.807) is 0 Å². The van der Waals surface area contributed by atoms with Crippen LogP contribution in [-0.2, 0) is 6.54 Å². The first-order valence-corrected chi connectivity index (χ1v) is 10.3. The summed E-state index contributed by atoms with van der Waals surface area (Å²) in [7, 11) is 0. The molecule has 2 N–H and O–H groups in total. The summed E-state index contributed by atoms with van der Waals surface area (Å²) in [6.07, 6.45) is 2.13. The van der Waals surface area contributed by atoms with Crippen LogP contribution in [0.1, 0.15) is 56.5 Å². The van der Waals surface area contributed by atoms with Gasteiger partial charge in [-0.1, -0.05) is 31.1 Å². The third-order valence-corrected chi connectivity index (χ3v) is 5.03. The van der Waals surface area contributed by atoms with Crippen molar-refractivity contribution in [2.24, 2.45) is 4.99 Å². The Morgan fingerprint density at radius 2 is 2.24 bits per heavy atom. The van der Waals surface area contributed by atoms with Gasteiger partial charge in [0.2, 0.25) is 0 Å². The molecule has 0 saturated carbocycles. The highest BCUT2D eigenvalue weighted by molar-refractivity contribution is 5.80. The van der Waals surface area contributed by atoms with Crippen LogP contribution in [-0.4, -0.2) is 36.8 Å². The lowest BCUT2D eigenvalue weighted by atomic mass is 10.0. The normalized spacial score (nSPS) is 17.3. The summed E-state index contributed by atoms with van der Waals surface area (Å²) in [5, 5.41) is 20.4. The average molecular weight is 395 g/mol. The van der Waals surface area contributed by atoms with Crippen LogP contribution in [0.15, 0.2) is 39.8 Å². The minimum absolute atomic E-state index is 0.259. The number of benzene rings is 1. The minimum atomic E-state index is 0.259. The van der Waals surface area contributed by atoms with Crippen LogP contribution < -0.4 is 15.5 Å². The summed E-state index contributed by atoms with van der Waals surface area (Å²) in [4.78, 5) is 6.96. The molecule has 1 saturated heterocycles. The Kier molecular flexibility index (Phi) is 7.12. The van der Waals surface area contributed by atoms with Crippen molar-refractivity contribution in [2.75, 3.05) is 24.5 Å². The Hall–Kier alpha value is -3.01. The molecule has 0 radical (unpaired) electrons. The largest absolute Gasteiger partial charge is 0.368 e. The zero-order chi connectivity index (χ0) is 20.6. The number of anilines is 1. The van der Waals surface area contributed by atoms with E-state index in [9.17, 15) is 5.26 Å². The Bertz CT molecular complexity index is 866. The number of guanidine groups is 1. The monoisotopic (exact) mass is 394 g/mol. The van der Waals surface area contributed by atoms with Gasteiger partial charge in [0.05, 0.1) is 16.9 Å². The summed E-state index contributed by atoms with van der Waals surface area (Å²) in [6.45, 7) is 9.27. The number of hydrogen-bond acceptors (Lipinski definition) is 5. The van der Waals surface area contributed by atoms with E-state index in [0.29, 0.717) is 12.5 Å². The van der Waals surface area contributed by atoms with Gasteiger partial charge in [0.15, 0.2) is 11.7 Å². The molecule has 7 nitrogen and oxygen atoms in total. The maximum Gasteiger partial charge on any atom is 0.191 e. The van der Waals surface area contributed by atoms with Crippen LogP contribution in [0.4, 0.5) is 5.69 Å². The van der Waals surface area contributed by atoms with Gasteiger partial charge in [-0.3, -0.25) is 0 Å². The molecule has 3 rings (SSSR count). The Morgan fingerprint density at radius 3 is 2.97 bits per heavy atom. The molecule has 2 heterocycles. The molecule has 1 aliphatic heterocycles. The topological polar surface area (TPSA) is 89.5 Å². The lowest BCUT2D eigenvalue weighted by Crippen LogP contribution is -2.51. The zero-order valence-electron chi connectivity index (χ0n) is 17.5. The molecule has 1 atom stereocenters. The van der Waals surface area contributed by atoms with Gasteiger partial charge in [0, 0.05) is 31.7 Å². The smallest absolute Gasteiger partial charge is 0.191 e. The third-order valence-electron chi connectivity index (χ3n) is 5.03. The molecule has 0 spiro atoms. The molecule has 1 aromatic heterocycles. The fourth-order valence-electron chi connectivity index (χ4n) is 3.50. The highest BCUT2D eigenvalue weighted by Gasteiger charge is 2.22. The number of nitrogens with zero attached hydrogens (tertiary/aromatic N) is 4. The first kappa shape index (κ1) is 20.7. The van der Waals surface area contributed by atoms with Gasteiger partial charge in [-0.05, 0) is 37.8 Å². The highest BCUT2D eigenvalue weighted by Crippen LogP contribution is 2.23. The van der Waals surface area contributed by atoms with E-state index < -0.39 is 0 Å². The average Bonchev–Trinajstić information content (AvgIpc) is 3.22. The van der Waals surface area contributed by atoms with Crippen molar-refractivity contribution < 1.29 is 4.52 Å². The minimum Gasteiger partial charge on any atom is -0.368 e. The van der Waals surface area contributed by atoms with Crippen molar-refractivity contribution in [2.45, 2.75) is 52.1 Å². The second-order valence-corrected chi connectivity index (χ2v) is 7.63. The lowest BCUT2D eigenvalue weighted by Gasteiger charge is -2.35. The van der Waals surface area contributed by atoms with Crippen molar-refractivity contribution in [3.63, 3.8) is 0 Å². The molecule has 7 heteroatoms. The third kappa shape index (κ3) is 5.50. The van der Waals surface area contributed by atoms with E-state index in [-0.39, 0.29) is 6.04 Å². The first-order chi connectivity index (χ1) is 14.1. The van der Waals surface area contributed by atoms with Crippen molar-refractivity contribution >= 4 is 11.6 Å². The molecular formula is C22H30N6O.